The van der Waals surface area contributed by atoms with Gasteiger partial charge in [-0.1, -0.05) is 30.3 Å². The monoisotopic (exact) mass is 640 g/mol. The van der Waals surface area contributed by atoms with Gasteiger partial charge in [-0.25, -0.2) is 13.6 Å². The van der Waals surface area contributed by atoms with Gasteiger partial charge in [-0.05, 0) is 118 Å². The lowest BCUT2D eigenvalue weighted by Crippen LogP contribution is -2.30. The molecule has 0 saturated heterocycles. The van der Waals surface area contributed by atoms with Gasteiger partial charge < -0.3 is 14.6 Å². The van der Waals surface area contributed by atoms with E-state index in [-0.39, 0.29) is 11.6 Å². The summed E-state index contributed by atoms with van der Waals surface area (Å²) in [5.41, 5.74) is 8.41. The molecule has 1 aromatic heterocycles. The van der Waals surface area contributed by atoms with Gasteiger partial charge in [0.25, 0.3) is 0 Å². The van der Waals surface area contributed by atoms with Crippen LogP contribution in [-0.4, -0.2) is 39.7 Å². The van der Waals surface area contributed by atoms with Crippen molar-refractivity contribution in [2.75, 3.05) is 13.2 Å². The minimum absolute atomic E-state index is 0.183. The predicted octanol–water partition coefficient (Wildman–Crippen LogP) is 8.44. The Labute approximate surface area is 275 Å². The van der Waals surface area contributed by atoms with Crippen LogP contribution in [0, 0.1) is 32.4 Å². The molecule has 3 aromatic carbocycles. The standard InChI is InChI=1S/C39H42F2N2O4/c1-22-9-7-11-31(40)30(22)21-43-15-14-25-17-26(12-13-28(25)20-43)33-23(2)42-24(3)34(37(38(44)45)47-39(4,5)6)35(33)29-18-27-10-8-16-46-36(27)32(41)19-29/h7,9,11-13,17-19,37H,8,10,14-16,20-21H2,1-6H3,(H,44,45). The molecule has 1 N–H and O–H groups in total. The number of nitrogens with zero attached hydrogens (tertiary/aromatic N) is 2. The molecule has 0 saturated carbocycles. The van der Waals surface area contributed by atoms with Crippen molar-refractivity contribution in [1.82, 2.24) is 9.88 Å². The van der Waals surface area contributed by atoms with Gasteiger partial charge in [0.2, 0.25) is 0 Å². The maximum absolute atomic E-state index is 15.7. The zero-order chi connectivity index (χ0) is 33.6. The van der Waals surface area contributed by atoms with Gasteiger partial charge in [0.15, 0.2) is 17.7 Å². The van der Waals surface area contributed by atoms with Crippen molar-refractivity contribution in [2.45, 2.75) is 85.6 Å². The first-order valence-corrected chi connectivity index (χ1v) is 16.3. The summed E-state index contributed by atoms with van der Waals surface area (Å²) in [5.74, 6) is -1.54. The second-order valence-electron chi connectivity index (χ2n) is 13.8. The average Bonchev–Trinajstić information content (AvgIpc) is 3.01. The van der Waals surface area contributed by atoms with Crippen molar-refractivity contribution in [3.05, 3.63) is 105 Å². The van der Waals surface area contributed by atoms with E-state index in [2.05, 4.69) is 17.0 Å². The van der Waals surface area contributed by atoms with E-state index < -0.39 is 23.5 Å². The highest BCUT2D eigenvalue weighted by atomic mass is 19.1. The van der Waals surface area contributed by atoms with Crippen molar-refractivity contribution in [1.29, 1.82) is 0 Å². The van der Waals surface area contributed by atoms with Crippen LogP contribution < -0.4 is 4.74 Å². The number of carboxylic acid groups (broad SMARTS) is 1. The number of ether oxygens (including phenoxy) is 2. The fourth-order valence-corrected chi connectivity index (χ4v) is 7.00. The Morgan fingerprint density at radius 1 is 0.957 bits per heavy atom. The van der Waals surface area contributed by atoms with Crippen molar-refractivity contribution in [3.8, 4) is 28.0 Å². The van der Waals surface area contributed by atoms with Gasteiger partial charge >= 0.3 is 5.97 Å². The first-order valence-electron chi connectivity index (χ1n) is 16.3. The Morgan fingerprint density at radius 3 is 2.45 bits per heavy atom. The molecule has 3 heterocycles. The van der Waals surface area contributed by atoms with E-state index in [1.54, 1.807) is 13.0 Å². The molecule has 6 rings (SSSR count). The Hall–Kier alpha value is -4.14. The molecule has 0 amide bonds. The molecule has 0 aliphatic carbocycles. The Bertz CT molecular complexity index is 1840. The topological polar surface area (TPSA) is 71.9 Å². The van der Waals surface area contributed by atoms with Crippen LogP contribution in [0.3, 0.4) is 0 Å². The average molecular weight is 641 g/mol. The van der Waals surface area contributed by atoms with E-state index in [9.17, 15) is 14.3 Å². The molecule has 2 aliphatic rings. The summed E-state index contributed by atoms with van der Waals surface area (Å²) >= 11 is 0. The lowest BCUT2D eigenvalue weighted by atomic mass is 9.84. The summed E-state index contributed by atoms with van der Waals surface area (Å²) < 4.78 is 42.2. The number of carbonyl (C=O) groups is 1. The summed E-state index contributed by atoms with van der Waals surface area (Å²) in [6.45, 7) is 13.5. The maximum Gasteiger partial charge on any atom is 0.337 e. The summed E-state index contributed by atoms with van der Waals surface area (Å²) in [6, 6.07) is 14.8. The van der Waals surface area contributed by atoms with Crippen molar-refractivity contribution in [3.63, 3.8) is 0 Å². The van der Waals surface area contributed by atoms with E-state index >= 15 is 4.39 Å². The van der Waals surface area contributed by atoms with Gasteiger partial charge in [-0.15, -0.1) is 0 Å². The van der Waals surface area contributed by atoms with Crippen molar-refractivity contribution >= 4 is 5.97 Å². The summed E-state index contributed by atoms with van der Waals surface area (Å²) in [4.78, 5) is 20.0. The third-order valence-electron chi connectivity index (χ3n) is 9.13. The molecule has 6 nitrogen and oxygen atoms in total. The number of carboxylic acids is 1. The number of hydrogen-bond acceptors (Lipinski definition) is 5. The minimum atomic E-state index is -1.33. The quantitative estimate of drug-likeness (QED) is 0.219. The van der Waals surface area contributed by atoms with E-state index in [1.165, 1.54) is 17.7 Å². The van der Waals surface area contributed by atoms with Gasteiger partial charge in [0.1, 0.15) is 5.82 Å². The zero-order valence-electron chi connectivity index (χ0n) is 28.0. The third-order valence-corrected chi connectivity index (χ3v) is 9.13. The summed E-state index contributed by atoms with van der Waals surface area (Å²) in [5, 5.41) is 10.5. The number of aryl methyl sites for hydroxylation is 4. The highest BCUT2D eigenvalue weighted by Gasteiger charge is 2.34. The second-order valence-corrected chi connectivity index (χ2v) is 13.8. The molecule has 4 aromatic rings. The minimum Gasteiger partial charge on any atom is -0.490 e. The third kappa shape index (κ3) is 6.67. The fourth-order valence-electron chi connectivity index (χ4n) is 7.00. The molecule has 47 heavy (non-hydrogen) atoms. The first-order chi connectivity index (χ1) is 22.3. The lowest BCUT2D eigenvalue weighted by molar-refractivity contribution is -0.160. The number of halogens is 2. The van der Waals surface area contributed by atoms with Crippen molar-refractivity contribution < 1.29 is 28.2 Å². The molecule has 0 fully saturated rings. The molecule has 0 radical (unpaired) electrons. The van der Waals surface area contributed by atoms with Gasteiger partial charge in [-0.3, -0.25) is 9.88 Å². The summed E-state index contributed by atoms with van der Waals surface area (Å²) in [7, 11) is 0. The van der Waals surface area contributed by atoms with Crippen LogP contribution in [0.15, 0.2) is 48.5 Å². The fraction of sp³-hybridized carbons (Fsp3) is 0.385. The number of pyridine rings is 1. The van der Waals surface area contributed by atoms with E-state index in [4.69, 9.17) is 14.5 Å². The smallest absolute Gasteiger partial charge is 0.337 e. The van der Waals surface area contributed by atoms with Crippen LogP contribution in [0.25, 0.3) is 22.3 Å². The van der Waals surface area contributed by atoms with E-state index in [1.807, 2.05) is 52.8 Å². The highest BCUT2D eigenvalue weighted by Crippen LogP contribution is 2.45. The number of hydrogen-bond donors (Lipinski definition) is 1. The molecule has 0 spiro atoms. The molecule has 1 atom stereocenters. The van der Waals surface area contributed by atoms with E-state index in [0.29, 0.717) is 54.2 Å². The van der Waals surface area contributed by atoms with Crippen LogP contribution >= 0.6 is 0 Å². The number of aliphatic carboxylic acids is 1. The Morgan fingerprint density at radius 2 is 1.72 bits per heavy atom. The molecule has 0 bridgehead atoms. The molecular weight excluding hydrogens is 598 g/mol. The number of benzene rings is 3. The van der Waals surface area contributed by atoms with E-state index in [0.717, 1.165) is 52.8 Å². The molecule has 246 valence electrons. The lowest BCUT2D eigenvalue weighted by Gasteiger charge is -2.31. The van der Waals surface area contributed by atoms with Crippen LogP contribution in [-0.2, 0) is 35.5 Å². The molecule has 1 unspecified atom stereocenters. The van der Waals surface area contributed by atoms with Crippen LogP contribution in [0.2, 0.25) is 0 Å². The molecule has 8 heteroatoms. The second kappa shape index (κ2) is 12.8. The number of fused-ring (bicyclic) bond motifs is 2. The molecular formula is C39H42F2N2O4. The normalized spacial score (nSPS) is 15.5. The number of rotatable bonds is 7. The Balaban J connectivity index is 1.49. The van der Waals surface area contributed by atoms with Crippen LogP contribution in [0.4, 0.5) is 8.78 Å². The number of aromatic nitrogens is 1. The van der Waals surface area contributed by atoms with Gasteiger partial charge in [-0.2, -0.15) is 0 Å². The van der Waals surface area contributed by atoms with Gasteiger partial charge in [0.05, 0.1) is 12.2 Å². The van der Waals surface area contributed by atoms with Crippen LogP contribution in [0.1, 0.15) is 78.1 Å². The van der Waals surface area contributed by atoms with Crippen LogP contribution in [0.5, 0.6) is 5.75 Å². The zero-order valence-corrected chi connectivity index (χ0v) is 28.0. The first kappa shape index (κ1) is 32.8. The molecule has 2 aliphatic heterocycles. The highest BCUT2D eigenvalue weighted by molar-refractivity contribution is 5.91. The SMILES string of the molecule is Cc1cccc(F)c1CN1CCc2cc(-c3c(C)nc(C)c(C(OC(C)(C)C)C(=O)O)c3-c3cc(F)c4c(c3)CCCO4)ccc2C1. The van der Waals surface area contributed by atoms with Crippen molar-refractivity contribution in [2.24, 2.45) is 0 Å². The van der Waals surface area contributed by atoms with Gasteiger partial charge in [0, 0.05) is 47.7 Å². The largest absolute Gasteiger partial charge is 0.490 e. The predicted molar refractivity (Wildman–Crippen MR) is 179 cm³/mol. The summed E-state index contributed by atoms with van der Waals surface area (Å²) in [6.07, 6.45) is 0.872. The maximum atomic E-state index is 15.7. The Kier molecular flexibility index (Phi) is 8.94.